The second kappa shape index (κ2) is 3.87. The van der Waals surface area contributed by atoms with Crippen molar-refractivity contribution in [1.29, 1.82) is 0 Å². The van der Waals surface area contributed by atoms with Crippen LogP contribution in [-0.4, -0.2) is 32.2 Å². The molecule has 2 aliphatic rings. The second-order valence-corrected chi connectivity index (χ2v) is 4.48. The first kappa shape index (κ1) is 9.93. The molecular weight excluding hydrogens is 180 g/mol. The second-order valence-electron chi connectivity index (χ2n) is 4.48. The minimum atomic E-state index is -0.413. The molecule has 1 aliphatic carbocycles. The molecule has 1 heterocycles. The first-order valence-corrected chi connectivity index (χ1v) is 5.33. The van der Waals surface area contributed by atoms with E-state index >= 15 is 0 Å². The Bertz CT molecular complexity index is 217. The van der Waals surface area contributed by atoms with Crippen molar-refractivity contribution in [2.45, 2.75) is 19.3 Å². The summed E-state index contributed by atoms with van der Waals surface area (Å²) in [7, 11) is 0. The molecule has 0 atom stereocenters. The standard InChI is InChI=1S/C10H18N2O2/c11-5-10(6-14-7-10)9(13)12-4-8-2-1-3-8/h8H,1-7,11H2,(H,12,13). The molecule has 1 saturated heterocycles. The predicted molar refractivity (Wildman–Crippen MR) is 52.7 cm³/mol. The van der Waals surface area contributed by atoms with Crippen LogP contribution in [0, 0.1) is 11.3 Å². The highest BCUT2D eigenvalue weighted by Crippen LogP contribution is 2.28. The highest BCUT2D eigenvalue weighted by molar-refractivity contribution is 5.84. The van der Waals surface area contributed by atoms with Crippen molar-refractivity contribution >= 4 is 5.91 Å². The number of nitrogens with two attached hydrogens (primary N) is 1. The lowest BCUT2D eigenvalue weighted by Gasteiger charge is -2.39. The van der Waals surface area contributed by atoms with Crippen LogP contribution >= 0.6 is 0 Å². The molecule has 0 radical (unpaired) electrons. The zero-order chi connectivity index (χ0) is 10.0. The number of carbonyl (C=O) groups is 1. The minimum Gasteiger partial charge on any atom is -0.379 e. The van der Waals surface area contributed by atoms with E-state index in [4.69, 9.17) is 10.5 Å². The van der Waals surface area contributed by atoms with Gasteiger partial charge in [0.25, 0.3) is 0 Å². The molecule has 0 aromatic rings. The molecule has 1 aliphatic heterocycles. The van der Waals surface area contributed by atoms with Gasteiger partial charge in [0, 0.05) is 13.1 Å². The molecule has 2 fully saturated rings. The maximum atomic E-state index is 11.8. The fourth-order valence-electron chi connectivity index (χ4n) is 1.81. The lowest BCUT2D eigenvalue weighted by Crippen LogP contribution is -2.58. The molecule has 1 amide bonds. The maximum Gasteiger partial charge on any atom is 0.232 e. The maximum absolute atomic E-state index is 11.8. The van der Waals surface area contributed by atoms with Gasteiger partial charge in [-0.2, -0.15) is 0 Å². The van der Waals surface area contributed by atoms with Crippen LogP contribution in [0.1, 0.15) is 19.3 Å². The van der Waals surface area contributed by atoms with Crippen molar-refractivity contribution in [2.75, 3.05) is 26.3 Å². The lowest BCUT2D eigenvalue weighted by atomic mass is 9.83. The smallest absolute Gasteiger partial charge is 0.232 e. The average molecular weight is 198 g/mol. The van der Waals surface area contributed by atoms with Gasteiger partial charge in [0.2, 0.25) is 5.91 Å². The Kier molecular flexibility index (Phi) is 2.74. The Balaban J connectivity index is 1.76. The zero-order valence-corrected chi connectivity index (χ0v) is 8.42. The van der Waals surface area contributed by atoms with Gasteiger partial charge in [0.15, 0.2) is 0 Å². The molecule has 3 N–H and O–H groups in total. The summed E-state index contributed by atoms with van der Waals surface area (Å²) in [5.41, 5.74) is 5.17. The van der Waals surface area contributed by atoms with E-state index in [2.05, 4.69) is 5.32 Å². The van der Waals surface area contributed by atoms with Gasteiger partial charge in [0.1, 0.15) is 5.41 Å². The van der Waals surface area contributed by atoms with Gasteiger partial charge < -0.3 is 15.8 Å². The molecule has 0 spiro atoms. The number of nitrogens with one attached hydrogen (secondary N) is 1. The van der Waals surface area contributed by atoms with E-state index in [1.807, 2.05) is 0 Å². The van der Waals surface area contributed by atoms with Crippen LogP contribution in [0.4, 0.5) is 0 Å². The van der Waals surface area contributed by atoms with E-state index in [0.29, 0.717) is 25.7 Å². The average Bonchev–Trinajstić information content (AvgIpc) is 2.00. The Hall–Kier alpha value is -0.610. The Labute approximate surface area is 84.2 Å². The molecule has 2 rings (SSSR count). The van der Waals surface area contributed by atoms with Crippen molar-refractivity contribution in [3.8, 4) is 0 Å². The summed E-state index contributed by atoms with van der Waals surface area (Å²) in [6, 6.07) is 0. The largest absolute Gasteiger partial charge is 0.379 e. The van der Waals surface area contributed by atoms with Crippen molar-refractivity contribution in [3.05, 3.63) is 0 Å². The molecular formula is C10H18N2O2. The normalized spacial score (nSPS) is 24.9. The van der Waals surface area contributed by atoms with Gasteiger partial charge in [-0.1, -0.05) is 6.42 Å². The zero-order valence-electron chi connectivity index (χ0n) is 8.42. The summed E-state index contributed by atoms with van der Waals surface area (Å²) < 4.78 is 5.06. The van der Waals surface area contributed by atoms with E-state index < -0.39 is 5.41 Å². The topological polar surface area (TPSA) is 64.4 Å². The minimum absolute atomic E-state index is 0.0816. The van der Waals surface area contributed by atoms with E-state index in [0.717, 1.165) is 6.54 Å². The molecule has 0 bridgehead atoms. The number of hydrogen-bond donors (Lipinski definition) is 2. The van der Waals surface area contributed by atoms with Gasteiger partial charge in [-0.25, -0.2) is 0 Å². The third-order valence-electron chi connectivity index (χ3n) is 3.41. The van der Waals surface area contributed by atoms with Crippen LogP contribution in [0.25, 0.3) is 0 Å². The van der Waals surface area contributed by atoms with Crippen molar-refractivity contribution in [2.24, 2.45) is 17.1 Å². The summed E-state index contributed by atoms with van der Waals surface area (Å²) in [5, 5.41) is 2.98. The van der Waals surface area contributed by atoms with Crippen LogP contribution in [-0.2, 0) is 9.53 Å². The van der Waals surface area contributed by atoms with Gasteiger partial charge in [0.05, 0.1) is 13.2 Å². The quantitative estimate of drug-likeness (QED) is 0.662. The van der Waals surface area contributed by atoms with E-state index in [1.165, 1.54) is 19.3 Å². The molecule has 14 heavy (non-hydrogen) atoms. The Morgan fingerprint density at radius 3 is 2.57 bits per heavy atom. The van der Waals surface area contributed by atoms with Gasteiger partial charge in [-0.3, -0.25) is 4.79 Å². The monoisotopic (exact) mass is 198 g/mol. The number of carbonyl (C=O) groups excluding carboxylic acids is 1. The first-order valence-electron chi connectivity index (χ1n) is 5.33. The van der Waals surface area contributed by atoms with Gasteiger partial charge in [-0.05, 0) is 18.8 Å². The Morgan fingerprint density at radius 1 is 1.50 bits per heavy atom. The van der Waals surface area contributed by atoms with Gasteiger partial charge >= 0.3 is 0 Å². The third kappa shape index (κ3) is 1.64. The summed E-state index contributed by atoms with van der Waals surface area (Å²) in [4.78, 5) is 11.8. The third-order valence-corrected chi connectivity index (χ3v) is 3.41. The van der Waals surface area contributed by atoms with E-state index in [-0.39, 0.29) is 5.91 Å². The summed E-state index contributed by atoms with van der Waals surface area (Å²) in [6.45, 7) is 2.18. The molecule has 80 valence electrons. The Morgan fingerprint density at radius 2 is 2.21 bits per heavy atom. The van der Waals surface area contributed by atoms with E-state index in [9.17, 15) is 4.79 Å². The molecule has 4 heteroatoms. The van der Waals surface area contributed by atoms with Crippen molar-refractivity contribution < 1.29 is 9.53 Å². The van der Waals surface area contributed by atoms with Crippen LogP contribution in [0.5, 0.6) is 0 Å². The number of amides is 1. The number of rotatable bonds is 4. The molecule has 0 aromatic heterocycles. The van der Waals surface area contributed by atoms with Crippen LogP contribution in [0.2, 0.25) is 0 Å². The fourth-order valence-corrected chi connectivity index (χ4v) is 1.81. The highest BCUT2D eigenvalue weighted by Gasteiger charge is 2.44. The highest BCUT2D eigenvalue weighted by atomic mass is 16.5. The van der Waals surface area contributed by atoms with Crippen molar-refractivity contribution in [3.63, 3.8) is 0 Å². The van der Waals surface area contributed by atoms with Gasteiger partial charge in [-0.15, -0.1) is 0 Å². The summed E-state index contributed by atoms with van der Waals surface area (Å²) in [5.74, 6) is 0.785. The summed E-state index contributed by atoms with van der Waals surface area (Å²) >= 11 is 0. The number of hydrogen-bond acceptors (Lipinski definition) is 3. The molecule has 1 saturated carbocycles. The number of ether oxygens (including phenoxy) is 1. The van der Waals surface area contributed by atoms with Crippen LogP contribution in [0.15, 0.2) is 0 Å². The molecule has 0 unspecified atom stereocenters. The van der Waals surface area contributed by atoms with Crippen molar-refractivity contribution in [1.82, 2.24) is 5.32 Å². The fraction of sp³-hybridized carbons (Fsp3) is 0.900. The summed E-state index contributed by atoms with van der Waals surface area (Å²) in [6.07, 6.45) is 3.82. The molecule has 4 nitrogen and oxygen atoms in total. The van der Waals surface area contributed by atoms with Crippen LogP contribution < -0.4 is 11.1 Å². The molecule has 0 aromatic carbocycles. The predicted octanol–water partition coefficient (Wildman–Crippen LogP) is -0.122. The van der Waals surface area contributed by atoms with E-state index in [1.54, 1.807) is 0 Å². The van der Waals surface area contributed by atoms with Crippen LogP contribution in [0.3, 0.4) is 0 Å². The first-order chi connectivity index (χ1) is 6.77. The lowest BCUT2D eigenvalue weighted by molar-refractivity contribution is -0.159. The SMILES string of the molecule is NCC1(C(=O)NCC2CCC2)COC1.